The molecule has 114 valence electrons. The maximum absolute atomic E-state index is 12.3. The topological polar surface area (TPSA) is 52.6 Å². The monoisotopic (exact) mass is 296 g/mol. The number of rotatable bonds is 4. The lowest BCUT2D eigenvalue weighted by Crippen LogP contribution is -2.26. The minimum atomic E-state index is 0.0255. The molecule has 22 heavy (non-hydrogen) atoms. The number of nitrogens with one attached hydrogen (secondary N) is 1. The molecule has 1 aliphatic heterocycles. The Bertz CT molecular complexity index is 625. The summed E-state index contributed by atoms with van der Waals surface area (Å²) in [6.07, 6.45) is 0.886. The van der Waals surface area contributed by atoms with Gasteiger partial charge in [-0.3, -0.25) is 9.69 Å². The van der Waals surface area contributed by atoms with Gasteiger partial charge in [0.05, 0.1) is 5.92 Å². The summed E-state index contributed by atoms with van der Waals surface area (Å²) in [5, 5.41) is 12.2. The molecule has 2 N–H and O–H groups in total. The summed E-state index contributed by atoms with van der Waals surface area (Å²) < 4.78 is 0. The molecule has 0 aromatic heterocycles. The molecular formula is C18H20N2O2. The van der Waals surface area contributed by atoms with Crippen molar-refractivity contribution in [3.05, 3.63) is 60.2 Å². The van der Waals surface area contributed by atoms with Gasteiger partial charge in [0, 0.05) is 18.8 Å². The Balaban J connectivity index is 1.53. The quantitative estimate of drug-likeness (QED) is 0.853. The normalized spacial score (nSPS) is 18.3. The summed E-state index contributed by atoms with van der Waals surface area (Å²) in [7, 11) is 0. The first-order chi connectivity index (χ1) is 10.7. The van der Waals surface area contributed by atoms with Crippen molar-refractivity contribution < 1.29 is 9.90 Å². The number of hydrogen-bond acceptors (Lipinski definition) is 3. The standard InChI is InChI=1S/C18H20N2O2/c21-17-8-6-16(7-9-17)19-18(22)15-10-11-20(13-15)12-14-4-2-1-3-5-14/h1-9,15,21H,10-13H2,(H,19,22). The highest BCUT2D eigenvalue weighted by Crippen LogP contribution is 2.21. The average Bonchev–Trinajstić information content (AvgIpc) is 2.99. The second-order valence-corrected chi connectivity index (χ2v) is 5.74. The van der Waals surface area contributed by atoms with Crippen LogP contribution in [-0.4, -0.2) is 29.0 Å². The first-order valence-corrected chi connectivity index (χ1v) is 7.57. The van der Waals surface area contributed by atoms with Gasteiger partial charge in [-0.2, -0.15) is 0 Å². The van der Waals surface area contributed by atoms with E-state index in [0.717, 1.165) is 31.7 Å². The molecule has 0 bridgehead atoms. The van der Waals surface area contributed by atoms with Crippen LogP contribution in [0.4, 0.5) is 5.69 Å². The zero-order valence-electron chi connectivity index (χ0n) is 12.4. The average molecular weight is 296 g/mol. The number of carbonyl (C=O) groups excluding carboxylic acids is 1. The smallest absolute Gasteiger partial charge is 0.228 e. The number of hydrogen-bond donors (Lipinski definition) is 2. The number of anilines is 1. The number of nitrogens with zero attached hydrogens (tertiary/aromatic N) is 1. The van der Waals surface area contributed by atoms with E-state index in [9.17, 15) is 9.90 Å². The molecule has 0 radical (unpaired) electrons. The van der Waals surface area contributed by atoms with Crippen LogP contribution in [0, 0.1) is 5.92 Å². The fraction of sp³-hybridized carbons (Fsp3) is 0.278. The third-order valence-electron chi connectivity index (χ3n) is 4.03. The van der Waals surface area contributed by atoms with Crippen LogP contribution < -0.4 is 5.32 Å². The summed E-state index contributed by atoms with van der Waals surface area (Å²) >= 11 is 0. The van der Waals surface area contributed by atoms with Crippen LogP contribution in [-0.2, 0) is 11.3 Å². The fourth-order valence-corrected chi connectivity index (χ4v) is 2.82. The highest BCUT2D eigenvalue weighted by Gasteiger charge is 2.28. The molecule has 1 saturated heterocycles. The predicted molar refractivity (Wildman–Crippen MR) is 86.6 cm³/mol. The van der Waals surface area contributed by atoms with Gasteiger partial charge >= 0.3 is 0 Å². The molecule has 0 spiro atoms. The van der Waals surface area contributed by atoms with Crippen molar-refractivity contribution in [3.63, 3.8) is 0 Å². The van der Waals surface area contributed by atoms with Crippen LogP contribution in [0.3, 0.4) is 0 Å². The van der Waals surface area contributed by atoms with Crippen LogP contribution in [0.5, 0.6) is 5.75 Å². The predicted octanol–water partition coefficient (Wildman–Crippen LogP) is 2.85. The van der Waals surface area contributed by atoms with Crippen LogP contribution >= 0.6 is 0 Å². The third-order valence-corrected chi connectivity index (χ3v) is 4.03. The molecule has 4 heteroatoms. The van der Waals surface area contributed by atoms with E-state index in [1.807, 2.05) is 18.2 Å². The fourth-order valence-electron chi connectivity index (χ4n) is 2.82. The lowest BCUT2D eigenvalue weighted by Gasteiger charge is -2.16. The number of amides is 1. The van der Waals surface area contributed by atoms with Crippen LogP contribution in [0.15, 0.2) is 54.6 Å². The molecule has 4 nitrogen and oxygen atoms in total. The largest absolute Gasteiger partial charge is 0.508 e. The molecule has 2 aromatic carbocycles. The van der Waals surface area contributed by atoms with E-state index < -0.39 is 0 Å². The van der Waals surface area contributed by atoms with E-state index >= 15 is 0 Å². The number of benzene rings is 2. The van der Waals surface area contributed by atoms with Crippen LogP contribution in [0.1, 0.15) is 12.0 Å². The minimum Gasteiger partial charge on any atom is -0.508 e. The highest BCUT2D eigenvalue weighted by molar-refractivity contribution is 5.92. The van der Waals surface area contributed by atoms with Gasteiger partial charge < -0.3 is 10.4 Å². The number of carbonyl (C=O) groups is 1. The van der Waals surface area contributed by atoms with E-state index in [2.05, 4.69) is 22.3 Å². The maximum Gasteiger partial charge on any atom is 0.228 e. The molecule has 2 aromatic rings. The van der Waals surface area contributed by atoms with Gasteiger partial charge in [0.2, 0.25) is 5.91 Å². The van der Waals surface area contributed by atoms with Gasteiger partial charge in [0.1, 0.15) is 5.75 Å². The van der Waals surface area contributed by atoms with Gasteiger partial charge in [-0.15, -0.1) is 0 Å². The first kappa shape index (κ1) is 14.6. The van der Waals surface area contributed by atoms with Crippen molar-refractivity contribution in [2.24, 2.45) is 5.92 Å². The maximum atomic E-state index is 12.3. The summed E-state index contributed by atoms with van der Waals surface area (Å²) in [6, 6.07) is 16.9. The first-order valence-electron chi connectivity index (χ1n) is 7.57. The number of phenolic OH excluding ortho intramolecular Hbond substituents is 1. The van der Waals surface area contributed by atoms with Crippen LogP contribution in [0.2, 0.25) is 0 Å². The minimum absolute atomic E-state index is 0.0255. The van der Waals surface area contributed by atoms with E-state index in [0.29, 0.717) is 0 Å². The van der Waals surface area contributed by atoms with Crippen molar-refractivity contribution in [1.29, 1.82) is 0 Å². The summed E-state index contributed by atoms with van der Waals surface area (Å²) in [5.41, 5.74) is 2.01. The van der Waals surface area contributed by atoms with Gasteiger partial charge in [-0.05, 0) is 42.8 Å². The van der Waals surface area contributed by atoms with Crippen molar-refractivity contribution >= 4 is 11.6 Å². The molecule has 1 aliphatic rings. The Morgan fingerprint density at radius 2 is 1.86 bits per heavy atom. The lowest BCUT2D eigenvalue weighted by molar-refractivity contribution is -0.119. The van der Waals surface area contributed by atoms with Gasteiger partial charge in [0.15, 0.2) is 0 Å². The Hall–Kier alpha value is -2.33. The summed E-state index contributed by atoms with van der Waals surface area (Å²) in [6.45, 7) is 2.63. The molecular weight excluding hydrogens is 276 g/mol. The molecule has 0 aliphatic carbocycles. The molecule has 1 unspecified atom stereocenters. The van der Waals surface area contributed by atoms with E-state index in [1.54, 1.807) is 24.3 Å². The lowest BCUT2D eigenvalue weighted by atomic mass is 10.1. The SMILES string of the molecule is O=C(Nc1ccc(O)cc1)C1CCN(Cc2ccccc2)C1. The molecule has 0 saturated carbocycles. The molecule has 3 rings (SSSR count). The van der Waals surface area contributed by atoms with Crippen molar-refractivity contribution in [1.82, 2.24) is 4.90 Å². The third kappa shape index (κ3) is 3.65. The van der Waals surface area contributed by atoms with Crippen molar-refractivity contribution in [2.75, 3.05) is 18.4 Å². The van der Waals surface area contributed by atoms with Gasteiger partial charge in [0.25, 0.3) is 0 Å². The molecule has 1 heterocycles. The zero-order valence-corrected chi connectivity index (χ0v) is 12.4. The van der Waals surface area contributed by atoms with Gasteiger partial charge in [-0.25, -0.2) is 0 Å². The van der Waals surface area contributed by atoms with Crippen molar-refractivity contribution in [3.8, 4) is 5.75 Å². The van der Waals surface area contributed by atoms with E-state index in [-0.39, 0.29) is 17.6 Å². The highest BCUT2D eigenvalue weighted by atomic mass is 16.3. The molecule has 1 amide bonds. The number of phenols is 1. The van der Waals surface area contributed by atoms with Crippen molar-refractivity contribution in [2.45, 2.75) is 13.0 Å². The Kier molecular flexibility index (Phi) is 4.39. The number of aromatic hydroxyl groups is 1. The van der Waals surface area contributed by atoms with E-state index in [4.69, 9.17) is 0 Å². The van der Waals surface area contributed by atoms with Crippen LogP contribution in [0.25, 0.3) is 0 Å². The Morgan fingerprint density at radius 1 is 1.14 bits per heavy atom. The van der Waals surface area contributed by atoms with E-state index in [1.165, 1.54) is 5.56 Å². The van der Waals surface area contributed by atoms with Gasteiger partial charge in [-0.1, -0.05) is 30.3 Å². The Labute approximate surface area is 130 Å². The second kappa shape index (κ2) is 6.62. The second-order valence-electron chi connectivity index (χ2n) is 5.74. The number of likely N-dealkylation sites (tertiary alicyclic amines) is 1. The zero-order chi connectivity index (χ0) is 15.4. The summed E-state index contributed by atoms with van der Waals surface area (Å²) in [5.74, 6) is 0.284. The molecule has 1 atom stereocenters. The Morgan fingerprint density at radius 3 is 2.59 bits per heavy atom. The molecule has 1 fully saturated rings. The summed E-state index contributed by atoms with van der Waals surface area (Å²) in [4.78, 5) is 14.6.